The molecule has 4 heteroatoms. The summed E-state index contributed by atoms with van der Waals surface area (Å²) < 4.78 is 0. The lowest BCUT2D eigenvalue weighted by Gasteiger charge is -2.42. The van der Waals surface area contributed by atoms with Gasteiger partial charge in [0.15, 0.2) is 0 Å². The zero-order valence-electron chi connectivity index (χ0n) is 18.7. The van der Waals surface area contributed by atoms with Crippen LogP contribution in [0.2, 0.25) is 0 Å². The number of hydrogen-bond acceptors (Lipinski definition) is 2. The Bertz CT molecular complexity index is 1170. The predicted octanol–water partition coefficient (Wildman–Crippen LogP) is 5.25. The summed E-state index contributed by atoms with van der Waals surface area (Å²) in [7, 11) is 0. The van der Waals surface area contributed by atoms with Crippen LogP contribution in [0, 0.1) is 0 Å². The second-order valence-corrected chi connectivity index (χ2v) is 8.70. The standard InChI is InChI=1S/C29H29N3O/c33-29(27-16-17-30-28(27)25-14-8-3-9-15-25)32-19-18-31(21-24-12-6-2-7-13-24)22-26(32)20-23-10-4-1-5-11-23/h1-17,26,30H,18-22H2/t26-/m1/s1. The minimum absolute atomic E-state index is 0.107. The lowest BCUT2D eigenvalue weighted by Crippen LogP contribution is -2.55. The van der Waals surface area contributed by atoms with Crippen molar-refractivity contribution in [2.75, 3.05) is 19.6 Å². The van der Waals surface area contributed by atoms with Crippen molar-refractivity contribution in [3.63, 3.8) is 0 Å². The van der Waals surface area contributed by atoms with Crippen LogP contribution in [0.15, 0.2) is 103 Å². The van der Waals surface area contributed by atoms with Crippen molar-refractivity contribution in [1.82, 2.24) is 14.8 Å². The molecule has 1 aromatic heterocycles. The number of aromatic nitrogens is 1. The number of carbonyl (C=O) groups is 1. The number of hydrogen-bond donors (Lipinski definition) is 1. The van der Waals surface area contributed by atoms with Crippen LogP contribution in [0.25, 0.3) is 11.3 Å². The molecule has 0 aliphatic carbocycles. The van der Waals surface area contributed by atoms with Crippen molar-refractivity contribution in [2.24, 2.45) is 0 Å². The number of nitrogens with one attached hydrogen (secondary N) is 1. The highest BCUT2D eigenvalue weighted by atomic mass is 16.2. The maximum Gasteiger partial charge on any atom is 0.256 e. The molecule has 0 bridgehead atoms. The van der Waals surface area contributed by atoms with Crippen molar-refractivity contribution in [3.05, 3.63) is 120 Å². The van der Waals surface area contributed by atoms with Crippen molar-refractivity contribution in [2.45, 2.75) is 19.0 Å². The Balaban J connectivity index is 1.40. The highest BCUT2D eigenvalue weighted by molar-refractivity contribution is 6.00. The molecule has 1 aliphatic rings. The number of piperazine rings is 1. The highest BCUT2D eigenvalue weighted by Gasteiger charge is 2.32. The fraction of sp³-hybridized carbons (Fsp3) is 0.207. The van der Waals surface area contributed by atoms with E-state index in [0.29, 0.717) is 0 Å². The molecule has 0 radical (unpaired) electrons. The van der Waals surface area contributed by atoms with E-state index < -0.39 is 0 Å². The molecule has 1 saturated heterocycles. The van der Waals surface area contributed by atoms with Crippen LogP contribution in [0.4, 0.5) is 0 Å². The third kappa shape index (κ3) is 4.91. The van der Waals surface area contributed by atoms with Crippen LogP contribution < -0.4 is 0 Å². The Morgan fingerprint density at radius 2 is 1.42 bits per heavy atom. The van der Waals surface area contributed by atoms with E-state index >= 15 is 0 Å². The molecule has 1 amide bonds. The first kappa shape index (κ1) is 21.2. The van der Waals surface area contributed by atoms with E-state index in [4.69, 9.17) is 0 Å². The van der Waals surface area contributed by atoms with Gasteiger partial charge in [0, 0.05) is 38.4 Å². The molecule has 1 aliphatic heterocycles. The average molecular weight is 436 g/mol. The molecule has 33 heavy (non-hydrogen) atoms. The van der Waals surface area contributed by atoms with Gasteiger partial charge in [-0.05, 0) is 29.2 Å². The molecule has 0 saturated carbocycles. The lowest BCUT2D eigenvalue weighted by atomic mass is 9.99. The van der Waals surface area contributed by atoms with Gasteiger partial charge >= 0.3 is 0 Å². The van der Waals surface area contributed by atoms with Gasteiger partial charge in [-0.2, -0.15) is 0 Å². The van der Waals surface area contributed by atoms with Crippen molar-refractivity contribution in [3.8, 4) is 11.3 Å². The summed E-state index contributed by atoms with van der Waals surface area (Å²) in [6.07, 6.45) is 2.72. The van der Waals surface area contributed by atoms with Crippen LogP contribution in [-0.2, 0) is 13.0 Å². The van der Waals surface area contributed by atoms with Gasteiger partial charge in [-0.25, -0.2) is 0 Å². The fourth-order valence-electron chi connectivity index (χ4n) is 4.78. The number of nitrogens with zero attached hydrogens (tertiary/aromatic N) is 2. The van der Waals surface area contributed by atoms with Crippen molar-refractivity contribution >= 4 is 5.91 Å². The summed E-state index contributed by atoms with van der Waals surface area (Å²) in [5.41, 5.74) is 5.25. The molecule has 1 N–H and O–H groups in total. The van der Waals surface area contributed by atoms with E-state index in [9.17, 15) is 4.79 Å². The van der Waals surface area contributed by atoms with E-state index in [2.05, 4.69) is 69.4 Å². The van der Waals surface area contributed by atoms with Crippen LogP contribution in [0.5, 0.6) is 0 Å². The van der Waals surface area contributed by atoms with Gasteiger partial charge in [-0.15, -0.1) is 0 Å². The summed E-state index contributed by atoms with van der Waals surface area (Å²) >= 11 is 0. The maximum absolute atomic E-state index is 13.8. The SMILES string of the molecule is O=C(c1cc[nH]c1-c1ccccc1)N1CCN(Cc2ccccc2)C[C@H]1Cc1ccccc1. The van der Waals surface area contributed by atoms with Gasteiger partial charge in [-0.3, -0.25) is 9.69 Å². The summed E-state index contributed by atoms with van der Waals surface area (Å²) in [6, 6.07) is 33.2. The first-order valence-corrected chi connectivity index (χ1v) is 11.6. The van der Waals surface area contributed by atoms with E-state index in [1.54, 1.807) is 0 Å². The Morgan fingerprint density at radius 1 is 0.788 bits per heavy atom. The van der Waals surface area contributed by atoms with Crippen LogP contribution >= 0.6 is 0 Å². The molecular weight excluding hydrogens is 406 g/mol. The molecule has 4 nitrogen and oxygen atoms in total. The Morgan fingerprint density at radius 3 is 2.12 bits per heavy atom. The molecule has 3 aromatic carbocycles. The van der Waals surface area contributed by atoms with Gasteiger partial charge in [0.05, 0.1) is 11.3 Å². The van der Waals surface area contributed by atoms with E-state index in [-0.39, 0.29) is 11.9 Å². The summed E-state index contributed by atoms with van der Waals surface area (Å²) in [5, 5.41) is 0. The third-order valence-electron chi connectivity index (χ3n) is 6.43. The third-order valence-corrected chi connectivity index (χ3v) is 6.43. The number of H-pyrrole nitrogens is 1. The molecule has 1 atom stereocenters. The molecule has 0 spiro atoms. The molecule has 4 aromatic rings. The van der Waals surface area contributed by atoms with Crippen molar-refractivity contribution in [1.29, 1.82) is 0 Å². The molecule has 0 unspecified atom stereocenters. The Hall–Kier alpha value is -3.63. The zero-order valence-corrected chi connectivity index (χ0v) is 18.7. The lowest BCUT2D eigenvalue weighted by molar-refractivity contribution is 0.0440. The largest absolute Gasteiger partial charge is 0.361 e. The second-order valence-electron chi connectivity index (χ2n) is 8.70. The van der Waals surface area contributed by atoms with E-state index in [0.717, 1.165) is 49.4 Å². The fourth-order valence-corrected chi connectivity index (χ4v) is 4.78. The molecule has 2 heterocycles. The quantitative estimate of drug-likeness (QED) is 0.449. The van der Waals surface area contributed by atoms with E-state index in [1.807, 2.05) is 48.7 Å². The first-order valence-electron chi connectivity index (χ1n) is 11.6. The zero-order chi connectivity index (χ0) is 22.5. The molecule has 1 fully saturated rings. The van der Waals surface area contributed by atoms with Crippen LogP contribution in [0.1, 0.15) is 21.5 Å². The molecule has 166 valence electrons. The van der Waals surface area contributed by atoms with Crippen LogP contribution in [-0.4, -0.2) is 46.4 Å². The van der Waals surface area contributed by atoms with Crippen molar-refractivity contribution < 1.29 is 4.79 Å². The minimum atomic E-state index is 0.107. The van der Waals surface area contributed by atoms with Gasteiger partial charge < -0.3 is 9.88 Å². The van der Waals surface area contributed by atoms with Gasteiger partial charge in [-0.1, -0.05) is 91.0 Å². The summed E-state index contributed by atoms with van der Waals surface area (Å²) in [5.74, 6) is 0.107. The number of aromatic amines is 1. The number of carbonyl (C=O) groups excluding carboxylic acids is 1. The van der Waals surface area contributed by atoms with Gasteiger partial charge in [0.2, 0.25) is 0 Å². The first-order chi connectivity index (χ1) is 16.3. The number of rotatable bonds is 6. The van der Waals surface area contributed by atoms with E-state index in [1.165, 1.54) is 11.1 Å². The predicted molar refractivity (Wildman–Crippen MR) is 133 cm³/mol. The molecular formula is C29H29N3O. The number of amides is 1. The monoisotopic (exact) mass is 435 g/mol. The minimum Gasteiger partial charge on any atom is -0.361 e. The second kappa shape index (κ2) is 9.88. The van der Waals surface area contributed by atoms with Gasteiger partial charge in [0.25, 0.3) is 5.91 Å². The Labute approximate surface area is 195 Å². The number of benzene rings is 3. The highest BCUT2D eigenvalue weighted by Crippen LogP contribution is 2.26. The summed E-state index contributed by atoms with van der Waals surface area (Å²) in [6.45, 7) is 3.37. The topological polar surface area (TPSA) is 39.3 Å². The summed E-state index contributed by atoms with van der Waals surface area (Å²) in [4.78, 5) is 21.7. The van der Waals surface area contributed by atoms with Crippen LogP contribution in [0.3, 0.4) is 0 Å². The van der Waals surface area contributed by atoms with Gasteiger partial charge in [0.1, 0.15) is 0 Å². The average Bonchev–Trinajstić information content (AvgIpc) is 3.36. The Kier molecular flexibility index (Phi) is 6.36. The maximum atomic E-state index is 13.8. The normalized spacial score (nSPS) is 16.6. The molecule has 5 rings (SSSR count). The smallest absolute Gasteiger partial charge is 0.256 e.